The number of aliphatic hydroxyl groups is 1. The second-order valence-corrected chi connectivity index (χ2v) is 5.42. The molecule has 16 heavy (non-hydrogen) atoms. The maximum absolute atomic E-state index is 11.4. The van der Waals surface area contributed by atoms with Crippen molar-refractivity contribution in [1.29, 1.82) is 0 Å². The lowest BCUT2D eigenvalue weighted by Gasteiger charge is -2.00. The van der Waals surface area contributed by atoms with Gasteiger partial charge in [-0.3, -0.25) is 0 Å². The summed E-state index contributed by atoms with van der Waals surface area (Å²) in [7, 11) is -3.36. The van der Waals surface area contributed by atoms with Gasteiger partial charge in [0.2, 0.25) is 5.76 Å². The topological polar surface area (TPSA) is 105 Å². The van der Waals surface area contributed by atoms with Crippen LogP contribution in [-0.2, 0) is 15.6 Å². The second kappa shape index (κ2) is 5.13. The van der Waals surface area contributed by atoms with Crippen molar-refractivity contribution in [2.45, 2.75) is 12.2 Å². The lowest BCUT2D eigenvalue weighted by atomic mass is 10.4. The van der Waals surface area contributed by atoms with Gasteiger partial charge in [-0.1, -0.05) is 0 Å². The normalized spacial score (nSPS) is 11.6. The Morgan fingerprint density at radius 2 is 2.06 bits per heavy atom. The number of sulfone groups is 1. The fraction of sp³-hybridized carbons (Fsp3) is 0.444. The second-order valence-electron chi connectivity index (χ2n) is 3.24. The highest BCUT2D eigenvalue weighted by Gasteiger charge is 2.16. The smallest absolute Gasteiger partial charge is 0.371 e. The van der Waals surface area contributed by atoms with Gasteiger partial charge in [-0.2, -0.15) is 0 Å². The van der Waals surface area contributed by atoms with Gasteiger partial charge in [-0.15, -0.1) is 0 Å². The SMILES string of the molecule is O=C(O)c1ccc(CS(=O)(=O)CCCO)o1. The van der Waals surface area contributed by atoms with E-state index in [0.29, 0.717) is 0 Å². The quantitative estimate of drug-likeness (QED) is 0.749. The molecular formula is C9H12O6S. The van der Waals surface area contributed by atoms with Crippen LogP contribution in [0.15, 0.2) is 16.5 Å². The third kappa shape index (κ3) is 3.67. The summed E-state index contributed by atoms with van der Waals surface area (Å²) in [5.41, 5.74) is 0. The number of carbonyl (C=O) groups is 1. The minimum absolute atomic E-state index is 0.0929. The summed E-state index contributed by atoms with van der Waals surface area (Å²) < 4.78 is 27.7. The number of rotatable bonds is 6. The van der Waals surface area contributed by atoms with E-state index < -0.39 is 15.8 Å². The summed E-state index contributed by atoms with van der Waals surface area (Å²) in [5.74, 6) is -1.92. The highest BCUT2D eigenvalue weighted by molar-refractivity contribution is 7.90. The fourth-order valence-corrected chi connectivity index (χ4v) is 2.45. The number of carboxylic acid groups (broad SMARTS) is 1. The molecular weight excluding hydrogens is 236 g/mol. The number of aliphatic hydroxyl groups excluding tert-OH is 1. The van der Waals surface area contributed by atoms with E-state index in [-0.39, 0.29) is 36.1 Å². The molecule has 0 aliphatic rings. The zero-order valence-electron chi connectivity index (χ0n) is 8.42. The van der Waals surface area contributed by atoms with E-state index in [0.717, 1.165) is 0 Å². The van der Waals surface area contributed by atoms with Gasteiger partial charge in [0.1, 0.15) is 11.5 Å². The fourth-order valence-electron chi connectivity index (χ4n) is 1.14. The van der Waals surface area contributed by atoms with Crippen LogP contribution in [-0.4, -0.2) is 37.0 Å². The molecule has 2 N–H and O–H groups in total. The summed E-state index contributed by atoms with van der Waals surface area (Å²) in [6.07, 6.45) is 0.162. The first-order valence-electron chi connectivity index (χ1n) is 4.58. The number of aromatic carboxylic acids is 1. The molecule has 1 heterocycles. The molecule has 0 aliphatic heterocycles. The molecule has 0 unspecified atom stereocenters. The molecule has 1 rings (SSSR count). The van der Waals surface area contributed by atoms with E-state index in [2.05, 4.69) is 0 Å². The highest BCUT2D eigenvalue weighted by Crippen LogP contribution is 2.12. The van der Waals surface area contributed by atoms with Crippen LogP contribution in [0.5, 0.6) is 0 Å². The van der Waals surface area contributed by atoms with E-state index in [1.807, 2.05) is 0 Å². The number of furan rings is 1. The van der Waals surface area contributed by atoms with Crippen LogP contribution in [0, 0.1) is 0 Å². The molecule has 0 aromatic carbocycles. The number of hydrogen-bond donors (Lipinski definition) is 2. The standard InChI is InChI=1S/C9H12O6S/c10-4-1-5-16(13,14)6-7-2-3-8(15-7)9(11)12/h2-3,10H,1,4-6H2,(H,11,12). The summed E-state index contributed by atoms with van der Waals surface area (Å²) in [6, 6.07) is 2.53. The summed E-state index contributed by atoms with van der Waals surface area (Å²) in [6.45, 7) is -0.197. The van der Waals surface area contributed by atoms with Crippen molar-refractivity contribution >= 4 is 15.8 Å². The lowest BCUT2D eigenvalue weighted by molar-refractivity contribution is 0.0660. The molecule has 0 saturated carbocycles. The molecule has 0 bridgehead atoms. The first kappa shape index (κ1) is 12.7. The van der Waals surface area contributed by atoms with Crippen LogP contribution >= 0.6 is 0 Å². The molecule has 0 fully saturated rings. The van der Waals surface area contributed by atoms with E-state index in [9.17, 15) is 13.2 Å². The van der Waals surface area contributed by atoms with Gasteiger partial charge < -0.3 is 14.6 Å². The largest absolute Gasteiger partial charge is 0.475 e. The van der Waals surface area contributed by atoms with Gasteiger partial charge in [0.05, 0.1) is 5.75 Å². The van der Waals surface area contributed by atoms with Gasteiger partial charge in [0, 0.05) is 6.61 Å². The zero-order chi connectivity index (χ0) is 12.2. The van der Waals surface area contributed by atoms with Crippen LogP contribution in [0.2, 0.25) is 0 Å². The van der Waals surface area contributed by atoms with Crippen molar-refractivity contribution in [3.8, 4) is 0 Å². The van der Waals surface area contributed by atoms with Crippen molar-refractivity contribution in [2.75, 3.05) is 12.4 Å². The summed E-state index contributed by atoms with van der Waals surface area (Å²) in [4.78, 5) is 10.5. The van der Waals surface area contributed by atoms with Crippen molar-refractivity contribution in [3.63, 3.8) is 0 Å². The molecule has 1 aromatic heterocycles. The highest BCUT2D eigenvalue weighted by atomic mass is 32.2. The first-order valence-corrected chi connectivity index (χ1v) is 6.40. The number of carboxylic acids is 1. The molecule has 0 saturated heterocycles. The Balaban J connectivity index is 2.69. The van der Waals surface area contributed by atoms with Crippen molar-refractivity contribution < 1.29 is 27.8 Å². The lowest BCUT2D eigenvalue weighted by Crippen LogP contribution is -2.10. The van der Waals surface area contributed by atoms with Gasteiger partial charge in [0.25, 0.3) is 0 Å². The van der Waals surface area contributed by atoms with Gasteiger partial charge in [0.15, 0.2) is 9.84 Å². The summed E-state index contributed by atoms with van der Waals surface area (Å²) in [5, 5.41) is 17.1. The summed E-state index contributed by atoms with van der Waals surface area (Å²) >= 11 is 0. The predicted molar refractivity (Wildman–Crippen MR) is 54.9 cm³/mol. The van der Waals surface area contributed by atoms with Crippen LogP contribution in [0.25, 0.3) is 0 Å². The molecule has 6 nitrogen and oxygen atoms in total. The van der Waals surface area contributed by atoms with E-state index in [4.69, 9.17) is 14.6 Å². The molecule has 0 aliphatic carbocycles. The Morgan fingerprint density at radius 1 is 1.38 bits per heavy atom. The molecule has 0 amide bonds. The van der Waals surface area contributed by atoms with Crippen LogP contribution in [0.1, 0.15) is 22.7 Å². The van der Waals surface area contributed by atoms with Gasteiger partial charge in [-0.05, 0) is 18.6 Å². The third-order valence-corrected chi connectivity index (χ3v) is 3.48. The Hall–Kier alpha value is -1.34. The van der Waals surface area contributed by atoms with Crippen LogP contribution in [0.4, 0.5) is 0 Å². The Labute approximate surface area is 92.4 Å². The molecule has 7 heteroatoms. The van der Waals surface area contributed by atoms with E-state index in [1.165, 1.54) is 12.1 Å². The van der Waals surface area contributed by atoms with E-state index >= 15 is 0 Å². The Morgan fingerprint density at radius 3 is 2.56 bits per heavy atom. The maximum Gasteiger partial charge on any atom is 0.371 e. The molecule has 0 radical (unpaired) electrons. The third-order valence-electron chi connectivity index (χ3n) is 1.85. The first-order chi connectivity index (χ1) is 7.44. The van der Waals surface area contributed by atoms with Crippen LogP contribution < -0.4 is 0 Å². The molecule has 0 spiro atoms. The van der Waals surface area contributed by atoms with Crippen molar-refractivity contribution in [1.82, 2.24) is 0 Å². The minimum Gasteiger partial charge on any atom is -0.475 e. The molecule has 1 aromatic rings. The molecule has 0 atom stereocenters. The molecule has 90 valence electrons. The van der Waals surface area contributed by atoms with E-state index in [1.54, 1.807) is 0 Å². The maximum atomic E-state index is 11.4. The number of hydrogen-bond acceptors (Lipinski definition) is 5. The van der Waals surface area contributed by atoms with Gasteiger partial charge >= 0.3 is 5.97 Å². The predicted octanol–water partition coefficient (Wildman–Crippen LogP) is 0.275. The van der Waals surface area contributed by atoms with Gasteiger partial charge in [-0.25, -0.2) is 13.2 Å². The minimum atomic E-state index is -3.36. The Kier molecular flexibility index (Phi) is 4.08. The average molecular weight is 248 g/mol. The average Bonchev–Trinajstić information content (AvgIpc) is 2.62. The van der Waals surface area contributed by atoms with Crippen molar-refractivity contribution in [3.05, 3.63) is 23.7 Å². The van der Waals surface area contributed by atoms with Crippen LogP contribution in [0.3, 0.4) is 0 Å². The monoisotopic (exact) mass is 248 g/mol. The Bertz CT molecular complexity index is 458. The van der Waals surface area contributed by atoms with Crippen molar-refractivity contribution in [2.24, 2.45) is 0 Å². The zero-order valence-corrected chi connectivity index (χ0v) is 9.24.